The number of carbonyl (C=O) groups is 2. The number of amides is 1. The number of thioether (sulfide) groups is 1. The third-order valence-corrected chi connectivity index (χ3v) is 5.83. The zero-order chi connectivity index (χ0) is 18.8. The van der Waals surface area contributed by atoms with Gasteiger partial charge in [-0.1, -0.05) is 37.7 Å². The minimum absolute atomic E-state index is 0.00675. The van der Waals surface area contributed by atoms with Crippen molar-refractivity contribution in [1.29, 1.82) is 0 Å². The molecule has 0 aliphatic carbocycles. The number of allylic oxidation sites excluding steroid dienone is 1. The topological polar surface area (TPSA) is 59.0 Å². The lowest BCUT2D eigenvalue weighted by Gasteiger charge is -2.39. The molecule has 138 valence electrons. The van der Waals surface area contributed by atoms with Crippen molar-refractivity contribution in [2.24, 2.45) is 10.9 Å². The SMILES string of the molecule is CC1=C(C(=O)OCC(C)C)C(c2ccc(I)cc2)N2C(=O)CCSC2=N1. The van der Waals surface area contributed by atoms with Gasteiger partial charge in [-0.2, -0.15) is 0 Å². The van der Waals surface area contributed by atoms with Crippen LogP contribution < -0.4 is 0 Å². The van der Waals surface area contributed by atoms with Gasteiger partial charge in [0.05, 0.1) is 23.9 Å². The number of hydrogen-bond acceptors (Lipinski definition) is 5. The van der Waals surface area contributed by atoms with Gasteiger partial charge in [0.2, 0.25) is 5.91 Å². The van der Waals surface area contributed by atoms with Crippen molar-refractivity contribution in [3.63, 3.8) is 0 Å². The molecule has 5 nitrogen and oxygen atoms in total. The molecule has 1 saturated heterocycles. The van der Waals surface area contributed by atoms with Crippen LogP contribution in [0.2, 0.25) is 0 Å². The van der Waals surface area contributed by atoms with Crippen LogP contribution in [0.15, 0.2) is 40.5 Å². The molecule has 0 N–H and O–H groups in total. The van der Waals surface area contributed by atoms with Gasteiger partial charge in [-0.25, -0.2) is 9.79 Å². The Labute approximate surface area is 171 Å². The number of hydrogen-bond donors (Lipinski definition) is 0. The first-order valence-corrected chi connectivity index (χ1v) is 10.6. The fourth-order valence-electron chi connectivity index (χ4n) is 2.94. The van der Waals surface area contributed by atoms with Crippen LogP contribution in [0, 0.1) is 9.49 Å². The molecule has 1 fully saturated rings. The van der Waals surface area contributed by atoms with Crippen LogP contribution in [0.1, 0.15) is 38.8 Å². The van der Waals surface area contributed by atoms with Crippen molar-refractivity contribution in [1.82, 2.24) is 4.90 Å². The van der Waals surface area contributed by atoms with Crippen molar-refractivity contribution >= 4 is 51.4 Å². The Morgan fingerprint density at radius 2 is 2.08 bits per heavy atom. The summed E-state index contributed by atoms with van der Waals surface area (Å²) >= 11 is 3.80. The molecule has 0 saturated carbocycles. The van der Waals surface area contributed by atoms with Gasteiger partial charge in [0.15, 0.2) is 5.17 Å². The maximum atomic E-state index is 12.8. The average molecular weight is 484 g/mol. The normalized spacial score (nSPS) is 20.2. The van der Waals surface area contributed by atoms with Crippen molar-refractivity contribution in [2.75, 3.05) is 12.4 Å². The first-order chi connectivity index (χ1) is 12.4. The van der Waals surface area contributed by atoms with Crippen LogP contribution in [0.4, 0.5) is 0 Å². The standard InChI is InChI=1S/C19H21IN2O3S/c1-11(2)10-25-18(24)16-12(3)21-19-22(15(23)8-9-26-19)17(16)13-4-6-14(20)7-5-13/h4-7,11,17H,8-10H2,1-3H3. The van der Waals surface area contributed by atoms with Crippen LogP contribution in [0.25, 0.3) is 0 Å². The fraction of sp³-hybridized carbons (Fsp3) is 0.421. The lowest BCUT2D eigenvalue weighted by molar-refractivity contribution is -0.141. The fourth-order valence-corrected chi connectivity index (χ4v) is 4.30. The molecule has 2 aliphatic rings. The van der Waals surface area contributed by atoms with Gasteiger partial charge < -0.3 is 4.74 Å². The van der Waals surface area contributed by atoms with Crippen LogP contribution in [0.5, 0.6) is 0 Å². The summed E-state index contributed by atoms with van der Waals surface area (Å²) in [4.78, 5) is 31.7. The summed E-state index contributed by atoms with van der Waals surface area (Å²) in [5.74, 6) is 0.554. The second-order valence-corrected chi connectivity index (χ2v) is 9.01. The van der Waals surface area contributed by atoms with Crippen LogP contribution in [-0.2, 0) is 14.3 Å². The number of ether oxygens (including phenoxy) is 1. The van der Waals surface area contributed by atoms with E-state index in [1.165, 1.54) is 0 Å². The van der Waals surface area contributed by atoms with E-state index in [0.29, 0.717) is 35.2 Å². The lowest BCUT2D eigenvalue weighted by atomic mass is 9.94. The number of fused-ring (bicyclic) bond motifs is 1. The highest BCUT2D eigenvalue weighted by molar-refractivity contribution is 14.1. The molecule has 26 heavy (non-hydrogen) atoms. The van der Waals surface area contributed by atoms with Crippen molar-refractivity contribution in [3.05, 3.63) is 44.7 Å². The lowest BCUT2D eigenvalue weighted by Crippen LogP contribution is -2.45. The van der Waals surface area contributed by atoms with Crippen LogP contribution in [-0.4, -0.2) is 34.3 Å². The molecule has 1 aromatic carbocycles. The maximum Gasteiger partial charge on any atom is 0.338 e. The van der Waals surface area contributed by atoms with Gasteiger partial charge in [0, 0.05) is 15.7 Å². The van der Waals surface area contributed by atoms with E-state index in [1.807, 2.05) is 45.0 Å². The van der Waals surface area contributed by atoms with Gasteiger partial charge >= 0.3 is 5.97 Å². The number of carbonyl (C=O) groups excluding carboxylic acids is 2. The van der Waals surface area contributed by atoms with E-state index < -0.39 is 12.0 Å². The van der Waals surface area contributed by atoms with Gasteiger partial charge in [-0.15, -0.1) is 0 Å². The number of halogens is 1. The molecular formula is C19H21IN2O3S. The summed E-state index contributed by atoms with van der Waals surface area (Å²) in [6, 6.07) is 7.40. The smallest absolute Gasteiger partial charge is 0.338 e. The van der Waals surface area contributed by atoms with Crippen molar-refractivity contribution in [2.45, 2.75) is 33.2 Å². The summed E-state index contributed by atoms with van der Waals surface area (Å²) in [6.45, 7) is 6.14. The predicted octanol–water partition coefficient (Wildman–Crippen LogP) is 4.14. The zero-order valence-corrected chi connectivity index (χ0v) is 18.0. The Kier molecular flexibility index (Phi) is 6.06. The molecule has 1 unspecified atom stereocenters. The number of benzene rings is 1. The Balaban J connectivity index is 2.06. The third-order valence-electron chi connectivity index (χ3n) is 4.16. The maximum absolute atomic E-state index is 12.8. The Morgan fingerprint density at radius 1 is 1.38 bits per heavy atom. The van der Waals surface area contributed by atoms with Gasteiger partial charge in [0.25, 0.3) is 0 Å². The van der Waals surface area contributed by atoms with E-state index in [9.17, 15) is 9.59 Å². The Hall–Kier alpha value is -1.35. The Bertz CT molecular complexity index is 786. The molecular weight excluding hydrogens is 463 g/mol. The van der Waals surface area contributed by atoms with E-state index in [2.05, 4.69) is 27.6 Å². The minimum Gasteiger partial charge on any atom is -0.462 e. The molecule has 2 aliphatic heterocycles. The monoisotopic (exact) mass is 484 g/mol. The van der Waals surface area contributed by atoms with Crippen LogP contribution >= 0.6 is 34.4 Å². The van der Waals surface area contributed by atoms with Gasteiger partial charge in [-0.05, 0) is 53.1 Å². The summed E-state index contributed by atoms with van der Waals surface area (Å²) in [5, 5.41) is 0.669. The number of amidine groups is 1. The number of rotatable bonds is 4. The van der Waals surface area contributed by atoms with E-state index >= 15 is 0 Å². The highest BCUT2D eigenvalue weighted by Gasteiger charge is 2.41. The molecule has 0 radical (unpaired) electrons. The van der Waals surface area contributed by atoms with E-state index in [-0.39, 0.29) is 11.8 Å². The van der Waals surface area contributed by atoms with Gasteiger partial charge in [-0.3, -0.25) is 9.69 Å². The highest BCUT2D eigenvalue weighted by Crippen LogP contribution is 2.40. The summed E-state index contributed by atoms with van der Waals surface area (Å²) in [7, 11) is 0. The first-order valence-electron chi connectivity index (χ1n) is 8.55. The minimum atomic E-state index is -0.487. The molecule has 0 bridgehead atoms. The number of nitrogens with zero attached hydrogens (tertiary/aromatic N) is 2. The number of esters is 1. The Morgan fingerprint density at radius 3 is 2.73 bits per heavy atom. The molecule has 3 rings (SSSR count). The quantitative estimate of drug-likeness (QED) is 0.476. The molecule has 0 aromatic heterocycles. The highest BCUT2D eigenvalue weighted by atomic mass is 127. The summed E-state index contributed by atoms with van der Waals surface area (Å²) < 4.78 is 6.59. The van der Waals surface area contributed by atoms with E-state index in [0.717, 1.165) is 9.13 Å². The second-order valence-electron chi connectivity index (χ2n) is 6.70. The molecule has 1 aromatic rings. The molecule has 1 atom stereocenters. The van der Waals surface area contributed by atoms with E-state index in [1.54, 1.807) is 16.7 Å². The molecule has 7 heteroatoms. The predicted molar refractivity (Wildman–Crippen MR) is 112 cm³/mol. The molecule has 0 spiro atoms. The largest absolute Gasteiger partial charge is 0.462 e. The average Bonchev–Trinajstić information content (AvgIpc) is 2.59. The second kappa shape index (κ2) is 8.12. The molecule has 2 heterocycles. The van der Waals surface area contributed by atoms with Crippen LogP contribution in [0.3, 0.4) is 0 Å². The van der Waals surface area contributed by atoms with Gasteiger partial charge in [0.1, 0.15) is 0 Å². The van der Waals surface area contributed by atoms with Crippen molar-refractivity contribution < 1.29 is 14.3 Å². The third kappa shape index (κ3) is 3.98. The zero-order valence-electron chi connectivity index (χ0n) is 15.0. The van der Waals surface area contributed by atoms with Crippen molar-refractivity contribution in [3.8, 4) is 0 Å². The number of aliphatic imine (C=N–C) groups is 1. The van der Waals surface area contributed by atoms with E-state index in [4.69, 9.17) is 4.74 Å². The summed E-state index contributed by atoms with van der Waals surface area (Å²) in [6.07, 6.45) is 0.442. The summed E-state index contributed by atoms with van der Waals surface area (Å²) in [5.41, 5.74) is 1.96. The molecule has 1 amide bonds. The first kappa shape index (κ1) is 19.4.